The van der Waals surface area contributed by atoms with Gasteiger partial charge < -0.3 is 26.6 Å². The smallest absolute Gasteiger partial charge is 0.289 e. The first-order valence-corrected chi connectivity index (χ1v) is 17.8. The molecule has 15 heteroatoms. The van der Waals surface area contributed by atoms with Crippen LogP contribution >= 0.6 is 0 Å². The monoisotopic (exact) mass is 703 g/mol. The molecular formula is C35H51F2N7O6. The van der Waals surface area contributed by atoms with Crippen molar-refractivity contribution in [2.75, 3.05) is 6.54 Å². The molecule has 4 rings (SSSR count). The van der Waals surface area contributed by atoms with Crippen molar-refractivity contribution in [3.05, 3.63) is 24.3 Å². The largest absolute Gasteiger partial charge is 0.354 e. The van der Waals surface area contributed by atoms with Crippen molar-refractivity contribution in [3.8, 4) is 0 Å². The summed E-state index contributed by atoms with van der Waals surface area (Å²) >= 11 is 0. The van der Waals surface area contributed by atoms with Crippen molar-refractivity contribution >= 4 is 35.3 Å². The molecule has 0 radical (unpaired) electrons. The number of aromatic nitrogens is 2. The lowest BCUT2D eigenvalue weighted by Crippen LogP contribution is -2.60. The van der Waals surface area contributed by atoms with E-state index in [4.69, 9.17) is 0 Å². The zero-order valence-corrected chi connectivity index (χ0v) is 29.1. The summed E-state index contributed by atoms with van der Waals surface area (Å²) in [6.07, 6.45) is 8.29. The van der Waals surface area contributed by atoms with Crippen molar-refractivity contribution in [2.24, 2.45) is 23.2 Å². The highest BCUT2D eigenvalue weighted by Crippen LogP contribution is 2.34. The molecule has 50 heavy (non-hydrogen) atoms. The number of rotatable bonds is 16. The van der Waals surface area contributed by atoms with Crippen molar-refractivity contribution in [1.82, 2.24) is 36.6 Å². The Kier molecular flexibility index (Phi) is 13.8. The lowest BCUT2D eigenvalue weighted by Gasteiger charge is -2.35. The van der Waals surface area contributed by atoms with Gasteiger partial charge >= 0.3 is 0 Å². The highest BCUT2D eigenvalue weighted by Gasteiger charge is 2.39. The van der Waals surface area contributed by atoms with Crippen LogP contribution in [-0.4, -0.2) is 82.4 Å². The minimum Gasteiger partial charge on any atom is -0.354 e. The summed E-state index contributed by atoms with van der Waals surface area (Å²) < 4.78 is 26.5. The Labute approximate surface area is 291 Å². The maximum Gasteiger partial charge on any atom is 0.289 e. The van der Waals surface area contributed by atoms with Crippen molar-refractivity contribution in [2.45, 2.75) is 128 Å². The number of halogens is 2. The summed E-state index contributed by atoms with van der Waals surface area (Å²) in [4.78, 5) is 86.2. The second kappa shape index (κ2) is 17.8. The molecule has 1 unspecified atom stereocenters. The second-order valence-electron chi connectivity index (χ2n) is 15.0. The Morgan fingerprint density at radius 2 is 1.54 bits per heavy atom. The maximum atomic E-state index is 13.8. The van der Waals surface area contributed by atoms with E-state index in [1.807, 2.05) is 20.8 Å². The van der Waals surface area contributed by atoms with Crippen molar-refractivity contribution in [1.29, 1.82) is 0 Å². The van der Waals surface area contributed by atoms with Gasteiger partial charge in [0.25, 0.3) is 11.8 Å². The molecule has 1 aromatic heterocycles. The number of nitrogens with zero attached hydrogens (tertiary/aromatic N) is 2. The Morgan fingerprint density at radius 1 is 0.840 bits per heavy atom. The Bertz CT molecular complexity index is 1360. The fourth-order valence-corrected chi connectivity index (χ4v) is 6.93. The van der Waals surface area contributed by atoms with Gasteiger partial charge in [-0.1, -0.05) is 46.5 Å². The van der Waals surface area contributed by atoms with Gasteiger partial charge in [0.05, 0.1) is 6.20 Å². The van der Waals surface area contributed by atoms with Gasteiger partial charge in [-0.25, -0.2) is 13.8 Å². The lowest BCUT2D eigenvalue weighted by molar-refractivity contribution is -0.140. The van der Waals surface area contributed by atoms with E-state index in [0.29, 0.717) is 12.8 Å². The number of hydrogen-bond acceptors (Lipinski definition) is 8. The third kappa shape index (κ3) is 11.5. The number of Topliss-reactive ketones (excluding diaryl/α,β-unsaturated/α-hetero) is 1. The van der Waals surface area contributed by atoms with Crippen molar-refractivity contribution in [3.63, 3.8) is 0 Å². The summed E-state index contributed by atoms with van der Waals surface area (Å²) in [5.74, 6) is -4.47. The number of carbonyl (C=O) groups excluding carboxylic acids is 6. The van der Waals surface area contributed by atoms with E-state index in [1.165, 1.54) is 18.6 Å². The average Bonchev–Trinajstić information content (AvgIpc) is 3.79. The van der Waals surface area contributed by atoms with Gasteiger partial charge in [0.15, 0.2) is 0 Å². The molecular weight excluding hydrogens is 652 g/mol. The molecule has 3 aliphatic rings. The number of amides is 5. The number of alkyl halides is 2. The predicted octanol–water partition coefficient (Wildman–Crippen LogP) is 2.60. The first-order valence-electron chi connectivity index (χ1n) is 17.8. The maximum absolute atomic E-state index is 13.8. The summed E-state index contributed by atoms with van der Waals surface area (Å²) in [7, 11) is 0. The van der Waals surface area contributed by atoms with Crippen LogP contribution in [0.2, 0.25) is 0 Å². The van der Waals surface area contributed by atoms with Crippen LogP contribution in [0.5, 0.6) is 0 Å². The highest BCUT2D eigenvalue weighted by molar-refractivity contribution is 6.38. The summed E-state index contributed by atoms with van der Waals surface area (Å²) in [5.41, 5.74) is -0.611. The topological polar surface area (TPSA) is 188 Å². The molecule has 5 N–H and O–H groups in total. The lowest BCUT2D eigenvalue weighted by atomic mass is 9.82. The Morgan fingerprint density at radius 3 is 2.16 bits per heavy atom. The molecule has 1 heterocycles. The summed E-state index contributed by atoms with van der Waals surface area (Å²) in [6, 6.07) is -3.58. The van der Waals surface area contributed by atoms with Crippen LogP contribution < -0.4 is 26.6 Å². The van der Waals surface area contributed by atoms with Gasteiger partial charge in [-0.3, -0.25) is 33.8 Å². The van der Waals surface area contributed by atoms with Gasteiger partial charge in [-0.2, -0.15) is 0 Å². The number of hydrogen-bond donors (Lipinski definition) is 5. The molecule has 5 amide bonds. The standard InChI is InChI=1S/C35H51F2N7O6/c1-35(2,3)30(44-32(48)28(20-8-5-4-6-9-20)43-31(47)25-19-38-14-15-39-25)34(50)40-18-22-11-7-10-21(22)16-27(45)42-24(17-26(36)37)29(46)33(49)41-23-12-13-23/h14-15,19-24,26,28,30H,4-13,16-18H2,1-3H3,(H,40,50)(H,41,49)(H,42,45)(H,43,47)(H,44,48)/t21-,22+,24?,28-,30-/m1/s1. The quantitative estimate of drug-likeness (QED) is 0.163. The fourth-order valence-electron chi connectivity index (χ4n) is 6.93. The molecule has 3 fully saturated rings. The third-order valence-corrected chi connectivity index (χ3v) is 9.91. The van der Waals surface area contributed by atoms with Crippen LogP contribution in [0.25, 0.3) is 0 Å². The molecule has 5 atom stereocenters. The van der Waals surface area contributed by atoms with Gasteiger partial charge in [-0.05, 0) is 61.7 Å². The highest BCUT2D eigenvalue weighted by atomic mass is 19.3. The van der Waals surface area contributed by atoms with E-state index in [9.17, 15) is 37.5 Å². The van der Waals surface area contributed by atoms with Gasteiger partial charge in [0.1, 0.15) is 23.8 Å². The SMILES string of the molecule is CC(C)(C)[C@H](NC(=O)[C@H](NC(=O)c1cnccn1)C1CCCCC1)C(=O)NC[C@@H]1CCC[C@@H]1CC(=O)NC(CC(F)F)C(=O)C(=O)NC1CC1. The van der Waals surface area contributed by atoms with E-state index in [-0.39, 0.29) is 42.5 Å². The van der Waals surface area contributed by atoms with Crippen molar-refractivity contribution < 1.29 is 37.5 Å². The first-order chi connectivity index (χ1) is 23.7. The number of ketones is 1. The van der Waals surface area contributed by atoms with Gasteiger partial charge in [-0.15, -0.1) is 0 Å². The van der Waals surface area contributed by atoms with Crippen LogP contribution in [0.1, 0.15) is 108 Å². The molecule has 3 saturated carbocycles. The Balaban J connectivity index is 1.35. The van der Waals surface area contributed by atoms with E-state index in [2.05, 4.69) is 36.6 Å². The van der Waals surface area contributed by atoms with Crippen LogP contribution in [0.4, 0.5) is 8.78 Å². The molecule has 0 saturated heterocycles. The fraction of sp³-hybridized carbons (Fsp3) is 0.714. The average molecular weight is 704 g/mol. The predicted molar refractivity (Wildman–Crippen MR) is 178 cm³/mol. The minimum absolute atomic E-state index is 0.0498. The normalized spacial score (nSPS) is 21.4. The zero-order chi connectivity index (χ0) is 36.4. The van der Waals surface area contributed by atoms with E-state index >= 15 is 0 Å². The molecule has 0 spiro atoms. The molecule has 0 bridgehead atoms. The van der Waals surface area contributed by atoms with Crippen LogP contribution in [-0.2, 0) is 24.0 Å². The molecule has 276 valence electrons. The first kappa shape index (κ1) is 38.8. The molecule has 3 aliphatic carbocycles. The Hall–Kier alpha value is -4.04. The molecule has 0 aliphatic heterocycles. The summed E-state index contributed by atoms with van der Waals surface area (Å²) in [5, 5.41) is 13.5. The number of nitrogens with one attached hydrogen (secondary N) is 5. The molecule has 1 aromatic rings. The van der Waals surface area contributed by atoms with E-state index in [1.54, 1.807) is 0 Å². The number of carbonyl (C=O) groups is 6. The van der Waals surface area contributed by atoms with Crippen LogP contribution in [0, 0.1) is 23.2 Å². The third-order valence-electron chi connectivity index (χ3n) is 9.91. The minimum atomic E-state index is -2.89. The van der Waals surface area contributed by atoms with Gasteiger partial charge in [0, 0.05) is 37.8 Å². The summed E-state index contributed by atoms with van der Waals surface area (Å²) in [6.45, 7) is 5.71. The van der Waals surface area contributed by atoms with Gasteiger partial charge in [0.2, 0.25) is 29.9 Å². The van der Waals surface area contributed by atoms with Crippen LogP contribution in [0.15, 0.2) is 18.6 Å². The van der Waals surface area contributed by atoms with E-state index in [0.717, 1.165) is 51.4 Å². The molecule has 13 nitrogen and oxygen atoms in total. The zero-order valence-electron chi connectivity index (χ0n) is 29.1. The molecule has 0 aromatic carbocycles. The van der Waals surface area contributed by atoms with E-state index < -0.39 is 71.7 Å². The second-order valence-corrected chi connectivity index (χ2v) is 15.0. The van der Waals surface area contributed by atoms with Crippen LogP contribution in [0.3, 0.4) is 0 Å².